The highest BCUT2D eigenvalue weighted by Crippen LogP contribution is 2.19. The number of nitrogens with zero attached hydrogens (tertiary/aromatic N) is 3. The van der Waals surface area contributed by atoms with Gasteiger partial charge in [0.15, 0.2) is 0 Å². The fourth-order valence-corrected chi connectivity index (χ4v) is 2.52. The molecule has 5 nitrogen and oxygen atoms in total. The van der Waals surface area contributed by atoms with Gasteiger partial charge >= 0.3 is 0 Å². The van der Waals surface area contributed by atoms with Gasteiger partial charge < -0.3 is 14.2 Å². The maximum absolute atomic E-state index is 11.8. The highest BCUT2D eigenvalue weighted by Gasteiger charge is 2.23. The van der Waals surface area contributed by atoms with E-state index in [2.05, 4.69) is 9.55 Å². The van der Waals surface area contributed by atoms with Crippen LogP contribution in [0, 0.1) is 12.8 Å². The number of hydrogen-bond donors (Lipinski definition) is 0. The number of carbonyl (C=O) groups excluding carboxylic acids is 1. The Morgan fingerprint density at radius 3 is 2.79 bits per heavy atom. The van der Waals surface area contributed by atoms with Crippen molar-refractivity contribution < 1.29 is 9.53 Å². The van der Waals surface area contributed by atoms with E-state index in [1.54, 1.807) is 0 Å². The lowest BCUT2D eigenvalue weighted by Crippen LogP contribution is -2.41. The molecule has 1 aromatic heterocycles. The van der Waals surface area contributed by atoms with Crippen LogP contribution in [0.15, 0.2) is 12.4 Å². The normalized spacial score (nSPS) is 16.8. The number of carbonyl (C=O) groups is 1. The van der Waals surface area contributed by atoms with Gasteiger partial charge in [-0.15, -0.1) is 0 Å². The summed E-state index contributed by atoms with van der Waals surface area (Å²) in [5.41, 5.74) is 0. The van der Waals surface area contributed by atoms with E-state index in [9.17, 15) is 4.79 Å². The van der Waals surface area contributed by atoms with Crippen LogP contribution in [0.2, 0.25) is 0 Å². The molecule has 0 radical (unpaired) electrons. The average molecular weight is 265 g/mol. The van der Waals surface area contributed by atoms with Crippen LogP contribution < -0.4 is 0 Å². The van der Waals surface area contributed by atoms with Crippen molar-refractivity contribution in [2.24, 2.45) is 5.92 Å². The summed E-state index contributed by atoms with van der Waals surface area (Å²) in [5, 5.41) is 0. The minimum Gasteiger partial charge on any atom is -0.372 e. The zero-order chi connectivity index (χ0) is 13.7. The molecule has 1 saturated heterocycles. The largest absolute Gasteiger partial charge is 0.372 e. The SMILES string of the molecule is CCOCC(=O)N1CCC(Cn2ccnc2C)CC1. The Morgan fingerprint density at radius 2 is 2.21 bits per heavy atom. The molecule has 5 heteroatoms. The molecule has 0 unspecified atom stereocenters. The molecule has 0 saturated carbocycles. The Morgan fingerprint density at radius 1 is 1.47 bits per heavy atom. The average Bonchev–Trinajstić information content (AvgIpc) is 2.82. The molecule has 1 amide bonds. The van der Waals surface area contributed by atoms with E-state index in [4.69, 9.17) is 4.74 Å². The van der Waals surface area contributed by atoms with Crippen molar-refractivity contribution in [3.05, 3.63) is 18.2 Å². The van der Waals surface area contributed by atoms with E-state index in [0.717, 1.165) is 38.3 Å². The summed E-state index contributed by atoms with van der Waals surface area (Å²) in [4.78, 5) is 18.0. The van der Waals surface area contributed by atoms with E-state index in [1.807, 2.05) is 31.1 Å². The molecule has 1 aromatic rings. The van der Waals surface area contributed by atoms with E-state index < -0.39 is 0 Å². The molecule has 0 atom stereocenters. The van der Waals surface area contributed by atoms with Crippen LogP contribution in [0.1, 0.15) is 25.6 Å². The van der Waals surface area contributed by atoms with Crippen molar-refractivity contribution in [2.45, 2.75) is 33.2 Å². The first kappa shape index (κ1) is 14.1. The molecule has 0 bridgehead atoms. The van der Waals surface area contributed by atoms with Crippen LogP contribution in [-0.4, -0.2) is 46.7 Å². The fraction of sp³-hybridized carbons (Fsp3) is 0.714. The summed E-state index contributed by atoms with van der Waals surface area (Å²) >= 11 is 0. The highest BCUT2D eigenvalue weighted by atomic mass is 16.5. The summed E-state index contributed by atoms with van der Waals surface area (Å²) in [7, 11) is 0. The van der Waals surface area contributed by atoms with Gasteiger partial charge in [-0.1, -0.05) is 0 Å². The molecule has 19 heavy (non-hydrogen) atoms. The summed E-state index contributed by atoms with van der Waals surface area (Å²) in [5.74, 6) is 1.83. The number of aromatic nitrogens is 2. The number of rotatable bonds is 5. The third-order valence-corrected chi connectivity index (χ3v) is 3.78. The van der Waals surface area contributed by atoms with Crippen molar-refractivity contribution in [3.8, 4) is 0 Å². The van der Waals surface area contributed by atoms with Crippen molar-refractivity contribution >= 4 is 5.91 Å². The Bertz CT molecular complexity index is 409. The first-order chi connectivity index (χ1) is 9.20. The van der Waals surface area contributed by atoms with E-state index >= 15 is 0 Å². The molecule has 0 aliphatic carbocycles. The lowest BCUT2D eigenvalue weighted by Gasteiger charge is -2.32. The van der Waals surface area contributed by atoms with Gasteiger partial charge in [-0.25, -0.2) is 4.98 Å². The van der Waals surface area contributed by atoms with Gasteiger partial charge in [0.05, 0.1) is 0 Å². The predicted octanol–water partition coefficient (Wildman–Crippen LogP) is 1.47. The van der Waals surface area contributed by atoms with Gasteiger partial charge in [0.25, 0.3) is 0 Å². The lowest BCUT2D eigenvalue weighted by atomic mass is 9.96. The summed E-state index contributed by atoms with van der Waals surface area (Å²) in [6.07, 6.45) is 6.00. The van der Waals surface area contributed by atoms with Gasteiger partial charge in [0.1, 0.15) is 12.4 Å². The number of amides is 1. The third kappa shape index (κ3) is 3.80. The quantitative estimate of drug-likeness (QED) is 0.810. The number of likely N-dealkylation sites (tertiary alicyclic amines) is 1. The van der Waals surface area contributed by atoms with Crippen LogP contribution in [0.4, 0.5) is 0 Å². The molecule has 2 rings (SSSR count). The first-order valence-electron chi connectivity index (χ1n) is 7.04. The zero-order valence-electron chi connectivity index (χ0n) is 11.8. The van der Waals surface area contributed by atoms with Crippen molar-refractivity contribution in [2.75, 3.05) is 26.3 Å². The van der Waals surface area contributed by atoms with Gasteiger partial charge in [0.2, 0.25) is 5.91 Å². The molecule has 0 spiro atoms. The molecule has 1 fully saturated rings. The highest BCUT2D eigenvalue weighted by molar-refractivity contribution is 5.77. The second-order valence-electron chi connectivity index (χ2n) is 5.09. The van der Waals surface area contributed by atoms with Crippen molar-refractivity contribution in [3.63, 3.8) is 0 Å². The van der Waals surface area contributed by atoms with Crippen LogP contribution in [0.5, 0.6) is 0 Å². The van der Waals surface area contributed by atoms with Crippen molar-refractivity contribution in [1.29, 1.82) is 0 Å². The molecular formula is C14H23N3O2. The molecule has 0 N–H and O–H groups in total. The summed E-state index contributed by atoms with van der Waals surface area (Å²) in [6, 6.07) is 0. The Hall–Kier alpha value is -1.36. The maximum atomic E-state index is 11.8. The van der Waals surface area contributed by atoms with E-state index in [0.29, 0.717) is 12.5 Å². The van der Waals surface area contributed by atoms with Crippen molar-refractivity contribution in [1.82, 2.24) is 14.5 Å². The van der Waals surface area contributed by atoms with Gasteiger partial charge in [-0.2, -0.15) is 0 Å². The van der Waals surface area contributed by atoms with Crippen LogP contribution in [0.25, 0.3) is 0 Å². The Balaban J connectivity index is 1.76. The van der Waals surface area contributed by atoms with Crippen LogP contribution in [-0.2, 0) is 16.1 Å². The molecular weight excluding hydrogens is 242 g/mol. The molecule has 0 aromatic carbocycles. The predicted molar refractivity (Wildman–Crippen MR) is 72.8 cm³/mol. The third-order valence-electron chi connectivity index (χ3n) is 3.78. The summed E-state index contributed by atoms with van der Waals surface area (Å²) < 4.78 is 7.37. The topological polar surface area (TPSA) is 47.4 Å². The Kier molecular flexibility index (Phi) is 4.96. The molecule has 1 aliphatic heterocycles. The second kappa shape index (κ2) is 6.70. The first-order valence-corrected chi connectivity index (χ1v) is 7.04. The number of ether oxygens (including phenoxy) is 1. The monoisotopic (exact) mass is 265 g/mol. The minimum absolute atomic E-state index is 0.124. The fourth-order valence-electron chi connectivity index (χ4n) is 2.52. The van der Waals surface area contributed by atoms with Gasteiger partial charge in [0, 0.05) is 38.6 Å². The number of piperidine rings is 1. The van der Waals surface area contributed by atoms with Crippen LogP contribution in [0.3, 0.4) is 0 Å². The molecule has 1 aliphatic rings. The Labute approximate surface area is 114 Å². The molecule has 2 heterocycles. The second-order valence-corrected chi connectivity index (χ2v) is 5.09. The number of hydrogen-bond acceptors (Lipinski definition) is 3. The van der Waals surface area contributed by atoms with Gasteiger partial charge in [-0.3, -0.25) is 4.79 Å². The minimum atomic E-state index is 0.124. The number of imidazole rings is 1. The molecule has 106 valence electrons. The summed E-state index contributed by atoms with van der Waals surface area (Å²) in [6.45, 7) is 7.48. The lowest BCUT2D eigenvalue weighted by molar-refractivity contribution is -0.137. The maximum Gasteiger partial charge on any atom is 0.248 e. The zero-order valence-corrected chi connectivity index (χ0v) is 11.8. The smallest absolute Gasteiger partial charge is 0.248 e. The number of aryl methyl sites for hydroxylation is 1. The van der Waals surface area contributed by atoms with Gasteiger partial charge in [-0.05, 0) is 32.6 Å². The van der Waals surface area contributed by atoms with E-state index in [1.165, 1.54) is 0 Å². The van der Waals surface area contributed by atoms with E-state index in [-0.39, 0.29) is 12.5 Å². The standard InChI is InChI=1S/C14H23N3O2/c1-3-19-11-14(18)16-7-4-13(5-8-16)10-17-9-6-15-12(17)2/h6,9,13H,3-5,7-8,10-11H2,1-2H3. The van der Waals surface area contributed by atoms with Crippen LogP contribution >= 0.6 is 0 Å².